The molecule has 0 atom stereocenters. The van der Waals surface area contributed by atoms with Gasteiger partial charge in [-0.25, -0.2) is 0 Å². The van der Waals surface area contributed by atoms with Crippen LogP contribution in [-0.4, -0.2) is 20.7 Å². The van der Waals surface area contributed by atoms with Crippen LogP contribution in [-0.2, 0) is 25.9 Å². The number of nitrogens with one attached hydrogen (secondary N) is 1. The fraction of sp³-hybridized carbons (Fsp3) is 0.208. The number of amides is 1. The van der Waals surface area contributed by atoms with Crippen LogP contribution in [0, 0.1) is 0 Å². The minimum Gasteiger partial charge on any atom is -0.348 e. The molecule has 4 aromatic rings. The van der Waals surface area contributed by atoms with E-state index in [1.54, 1.807) is 6.20 Å². The van der Waals surface area contributed by atoms with Gasteiger partial charge in [0.2, 0.25) is 0 Å². The highest BCUT2D eigenvalue weighted by Crippen LogP contribution is 2.30. The molecule has 144 valence electrons. The zero-order valence-electron chi connectivity index (χ0n) is 16.1. The van der Waals surface area contributed by atoms with Crippen LogP contribution >= 0.6 is 0 Å². The van der Waals surface area contributed by atoms with Gasteiger partial charge >= 0.3 is 0 Å². The molecule has 1 aliphatic rings. The van der Waals surface area contributed by atoms with Crippen LogP contribution < -0.4 is 5.32 Å². The molecule has 2 aromatic carbocycles. The van der Waals surface area contributed by atoms with Crippen LogP contribution in [0.3, 0.4) is 0 Å². The van der Waals surface area contributed by atoms with E-state index in [1.165, 1.54) is 0 Å². The second kappa shape index (κ2) is 7.51. The Kier molecular flexibility index (Phi) is 4.56. The number of carbonyl (C=O) groups excluding carboxylic acids is 1. The summed E-state index contributed by atoms with van der Waals surface area (Å²) in [6.45, 7) is 1.17. The van der Waals surface area contributed by atoms with Crippen LogP contribution in [0.2, 0.25) is 0 Å². The van der Waals surface area contributed by atoms with E-state index in [2.05, 4.69) is 22.5 Å². The van der Waals surface area contributed by atoms with Gasteiger partial charge < -0.3 is 5.32 Å². The van der Waals surface area contributed by atoms with E-state index >= 15 is 0 Å². The normalized spacial score (nSPS) is 12.8. The molecule has 0 spiro atoms. The molecule has 0 unspecified atom stereocenters. The smallest absolute Gasteiger partial charge is 0.252 e. The van der Waals surface area contributed by atoms with Gasteiger partial charge in [-0.2, -0.15) is 5.10 Å². The predicted octanol–water partition coefficient (Wildman–Crippen LogP) is 3.90. The highest BCUT2D eigenvalue weighted by atomic mass is 16.1. The third kappa shape index (κ3) is 3.40. The topological polar surface area (TPSA) is 59.8 Å². The van der Waals surface area contributed by atoms with E-state index in [0.717, 1.165) is 58.1 Å². The second-order valence-corrected chi connectivity index (χ2v) is 7.44. The zero-order chi connectivity index (χ0) is 19.6. The van der Waals surface area contributed by atoms with Gasteiger partial charge in [-0.15, -0.1) is 0 Å². The average Bonchev–Trinajstić information content (AvgIpc) is 3.43. The minimum atomic E-state index is -0.0179. The molecular weight excluding hydrogens is 360 g/mol. The lowest BCUT2D eigenvalue weighted by Crippen LogP contribution is -2.25. The fourth-order valence-corrected chi connectivity index (χ4v) is 4.19. The van der Waals surface area contributed by atoms with Crippen molar-refractivity contribution in [2.75, 3.05) is 0 Å². The minimum absolute atomic E-state index is 0.0179. The summed E-state index contributed by atoms with van der Waals surface area (Å²) in [5, 5.41) is 8.39. The number of carbonyl (C=O) groups is 1. The van der Waals surface area contributed by atoms with Crippen molar-refractivity contribution in [1.82, 2.24) is 20.1 Å². The lowest BCUT2D eigenvalue weighted by atomic mass is 10.00. The van der Waals surface area contributed by atoms with Crippen LogP contribution in [0.4, 0.5) is 0 Å². The Morgan fingerprint density at radius 1 is 1.00 bits per heavy atom. The van der Waals surface area contributed by atoms with E-state index in [1.807, 2.05) is 53.3 Å². The highest BCUT2D eigenvalue weighted by molar-refractivity contribution is 6.07. The van der Waals surface area contributed by atoms with Crippen LogP contribution in [0.1, 0.15) is 39.2 Å². The molecular formula is C24H22N4O. The first-order valence-electron chi connectivity index (χ1n) is 10.0. The van der Waals surface area contributed by atoms with Crippen molar-refractivity contribution >= 4 is 16.8 Å². The molecule has 0 fully saturated rings. The number of nitrogens with zero attached hydrogens (tertiary/aromatic N) is 3. The van der Waals surface area contributed by atoms with Gasteiger partial charge in [-0.3, -0.25) is 14.5 Å². The van der Waals surface area contributed by atoms with Gasteiger partial charge in [0.15, 0.2) is 0 Å². The molecule has 5 rings (SSSR count). The van der Waals surface area contributed by atoms with E-state index in [-0.39, 0.29) is 5.91 Å². The molecule has 0 radical (unpaired) electrons. The molecule has 0 saturated carbocycles. The third-order valence-electron chi connectivity index (χ3n) is 5.60. The number of fused-ring (bicyclic) bond motifs is 2. The summed E-state index contributed by atoms with van der Waals surface area (Å²) >= 11 is 0. The van der Waals surface area contributed by atoms with Gasteiger partial charge in [0.25, 0.3) is 5.91 Å². The molecule has 1 aliphatic carbocycles. The van der Waals surface area contributed by atoms with Crippen molar-refractivity contribution < 1.29 is 4.79 Å². The molecule has 5 heteroatoms. The van der Waals surface area contributed by atoms with Crippen LogP contribution in [0.25, 0.3) is 10.9 Å². The highest BCUT2D eigenvalue weighted by Gasteiger charge is 2.23. The van der Waals surface area contributed by atoms with E-state index in [4.69, 9.17) is 4.98 Å². The Balaban J connectivity index is 1.43. The Morgan fingerprint density at radius 3 is 2.69 bits per heavy atom. The van der Waals surface area contributed by atoms with Crippen molar-refractivity contribution in [2.45, 2.75) is 32.4 Å². The Bertz CT molecular complexity index is 1180. The predicted molar refractivity (Wildman–Crippen MR) is 113 cm³/mol. The second-order valence-electron chi connectivity index (χ2n) is 7.44. The number of aryl methyl sites for hydroxylation is 1. The van der Waals surface area contributed by atoms with Gasteiger partial charge in [0.05, 0.1) is 17.6 Å². The number of pyridine rings is 1. The van der Waals surface area contributed by atoms with Crippen molar-refractivity contribution in [3.8, 4) is 0 Å². The maximum Gasteiger partial charge on any atom is 0.252 e. The molecule has 1 N–H and O–H groups in total. The number of benzene rings is 2. The van der Waals surface area contributed by atoms with Crippen molar-refractivity contribution in [3.63, 3.8) is 0 Å². The van der Waals surface area contributed by atoms with E-state index in [9.17, 15) is 4.79 Å². The summed E-state index contributed by atoms with van der Waals surface area (Å²) in [6, 6.07) is 18.0. The van der Waals surface area contributed by atoms with Crippen molar-refractivity contribution in [2.24, 2.45) is 0 Å². The molecule has 2 heterocycles. The number of rotatable bonds is 5. The first-order valence-corrected chi connectivity index (χ1v) is 10.0. The zero-order valence-corrected chi connectivity index (χ0v) is 16.1. The number of aromatic nitrogens is 3. The summed E-state index contributed by atoms with van der Waals surface area (Å²) in [4.78, 5) is 18.0. The Labute approximate surface area is 169 Å². The summed E-state index contributed by atoms with van der Waals surface area (Å²) in [6.07, 6.45) is 6.66. The maximum atomic E-state index is 13.3. The van der Waals surface area contributed by atoms with Crippen molar-refractivity contribution in [3.05, 3.63) is 94.9 Å². The van der Waals surface area contributed by atoms with Gasteiger partial charge in [-0.1, -0.05) is 42.5 Å². The molecule has 29 heavy (non-hydrogen) atoms. The third-order valence-corrected chi connectivity index (χ3v) is 5.60. The number of hydrogen-bond acceptors (Lipinski definition) is 3. The van der Waals surface area contributed by atoms with Gasteiger partial charge in [0, 0.05) is 30.0 Å². The molecule has 5 nitrogen and oxygen atoms in total. The number of para-hydroxylation sites is 1. The summed E-state index contributed by atoms with van der Waals surface area (Å²) in [7, 11) is 0. The summed E-state index contributed by atoms with van der Waals surface area (Å²) < 4.78 is 1.89. The molecule has 0 bridgehead atoms. The lowest BCUT2D eigenvalue weighted by Gasteiger charge is -2.14. The first-order chi connectivity index (χ1) is 14.3. The maximum absolute atomic E-state index is 13.3. The van der Waals surface area contributed by atoms with Gasteiger partial charge in [0.1, 0.15) is 0 Å². The van der Waals surface area contributed by atoms with Crippen molar-refractivity contribution in [1.29, 1.82) is 0 Å². The molecule has 2 aromatic heterocycles. The molecule has 0 aliphatic heterocycles. The Hall–Kier alpha value is -3.47. The van der Waals surface area contributed by atoms with Crippen LogP contribution in [0.5, 0.6) is 0 Å². The molecule has 1 amide bonds. The average molecular weight is 382 g/mol. The molecule has 0 saturated heterocycles. The monoisotopic (exact) mass is 382 g/mol. The standard InChI is InChI=1S/C24H22N4O/c29-24(23-19-9-3-4-11-21(19)27-22-12-5-10-20(22)23)25-15-17-7-1-2-8-18(17)16-28-14-6-13-26-28/h1-4,6-9,11,13-14H,5,10,12,15-16H2,(H,25,29). The fourth-order valence-electron chi connectivity index (χ4n) is 4.19. The number of hydrogen-bond donors (Lipinski definition) is 1. The largest absolute Gasteiger partial charge is 0.348 e. The summed E-state index contributed by atoms with van der Waals surface area (Å²) in [5.41, 5.74) is 6.15. The van der Waals surface area contributed by atoms with Gasteiger partial charge in [-0.05, 0) is 48.1 Å². The quantitative estimate of drug-likeness (QED) is 0.569. The summed E-state index contributed by atoms with van der Waals surface area (Å²) in [5.74, 6) is -0.0179. The lowest BCUT2D eigenvalue weighted by molar-refractivity contribution is 0.0951. The van der Waals surface area contributed by atoms with E-state index < -0.39 is 0 Å². The Morgan fingerprint density at radius 2 is 1.83 bits per heavy atom. The SMILES string of the molecule is O=C(NCc1ccccc1Cn1cccn1)c1c2c(nc3ccccc13)CCC2. The van der Waals surface area contributed by atoms with Crippen LogP contribution in [0.15, 0.2) is 67.0 Å². The van der Waals surface area contributed by atoms with E-state index in [0.29, 0.717) is 13.1 Å². The first kappa shape index (κ1) is 17.6.